The van der Waals surface area contributed by atoms with E-state index in [1.54, 1.807) is 11.9 Å². The number of benzene rings is 2. The molecule has 0 aliphatic carbocycles. The summed E-state index contributed by atoms with van der Waals surface area (Å²) in [5.41, 5.74) is 2.24. The zero-order valence-corrected chi connectivity index (χ0v) is 14.8. The van der Waals surface area contributed by atoms with Gasteiger partial charge in [-0.3, -0.25) is 4.79 Å². The van der Waals surface area contributed by atoms with Crippen LogP contribution < -0.4 is 14.2 Å². The minimum absolute atomic E-state index is 0.0159. The van der Waals surface area contributed by atoms with Gasteiger partial charge in [-0.2, -0.15) is 0 Å². The lowest BCUT2D eigenvalue weighted by molar-refractivity contribution is -0.132. The summed E-state index contributed by atoms with van der Waals surface area (Å²) in [6.07, 6.45) is 0. The van der Waals surface area contributed by atoms with E-state index >= 15 is 0 Å². The molecule has 5 nitrogen and oxygen atoms in total. The van der Waals surface area contributed by atoms with E-state index in [0.29, 0.717) is 18.2 Å². The summed E-state index contributed by atoms with van der Waals surface area (Å²) in [5.74, 6) is 2.56. The Hall–Kier alpha value is -2.69. The second-order valence-electron chi connectivity index (χ2n) is 6.45. The molecule has 2 aromatic carbocycles. The third-order valence-corrected chi connectivity index (χ3v) is 4.19. The maximum Gasteiger partial charge on any atom is 0.260 e. The summed E-state index contributed by atoms with van der Waals surface area (Å²) in [6, 6.07) is 13.6. The van der Waals surface area contributed by atoms with Crippen molar-refractivity contribution < 1.29 is 19.0 Å². The highest BCUT2D eigenvalue weighted by atomic mass is 16.7. The van der Waals surface area contributed by atoms with Crippen LogP contribution in [0.2, 0.25) is 0 Å². The Labute approximate surface area is 148 Å². The van der Waals surface area contributed by atoms with Gasteiger partial charge in [0.05, 0.1) is 0 Å². The predicted molar refractivity (Wildman–Crippen MR) is 95.1 cm³/mol. The molecule has 132 valence electrons. The van der Waals surface area contributed by atoms with Crippen molar-refractivity contribution in [1.29, 1.82) is 0 Å². The van der Waals surface area contributed by atoms with E-state index in [4.69, 9.17) is 14.2 Å². The summed E-state index contributed by atoms with van der Waals surface area (Å²) in [5, 5.41) is 0. The number of likely N-dealkylation sites (N-methyl/N-ethyl adjacent to an activating group) is 1. The second-order valence-corrected chi connectivity index (χ2v) is 6.45. The van der Waals surface area contributed by atoms with Crippen molar-refractivity contribution in [3.63, 3.8) is 0 Å². The van der Waals surface area contributed by atoms with E-state index in [9.17, 15) is 4.79 Å². The molecule has 1 heterocycles. The standard InChI is InChI=1S/C20H23NO4/c1-14(2)16-5-7-17(8-6-16)23-12-20(22)21(3)11-15-4-9-18-19(10-15)25-13-24-18/h4-10,14H,11-13H2,1-3H3. The van der Waals surface area contributed by atoms with Gasteiger partial charge in [0.25, 0.3) is 5.91 Å². The van der Waals surface area contributed by atoms with Gasteiger partial charge in [-0.15, -0.1) is 0 Å². The smallest absolute Gasteiger partial charge is 0.260 e. The molecule has 0 N–H and O–H groups in total. The Bertz CT molecular complexity index is 740. The van der Waals surface area contributed by atoms with E-state index in [1.165, 1.54) is 5.56 Å². The molecule has 0 unspecified atom stereocenters. The van der Waals surface area contributed by atoms with Crippen LogP contribution in [-0.2, 0) is 11.3 Å². The lowest BCUT2D eigenvalue weighted by atomic mass is 10.0. The average Bonchev–Trinajstić information content (AvgIpc) is 3.07. The number of fused-ring (bicyclic) bond motifs is 1. The molecule has 0 aromatic heterocycles. The first-order valence-electron chi connectivity index (χ1n) is 8.38. The van der Waals surface area contributed by atoms with Crippen molar-refractivity contribution in [2.75, 3.05) is 20.4 Å². The van der Waals surface area contributed by atoms with E-state index in [1.807, 2.05) is 42.5 Å². The highest BCUT2D eigenvalue weighted by Gasteiger charge is 2.15. The molecular formula is C20H23NO4. The first kappa shape index (κ1) is 17.1. The molecular weight excluding hydrogens is 318 g/mol. The van der Waals surface area contributed by atoms with Crippen LogP contribution in [0.15, 0.2) is 42.5 Å². The van der Waals surface area contributed by atoms with E-state index in [0.717, 1.165) is 17.1 Å². The molecule has 2 aromatic rings. The topological polar surface area (TPSA) is 48.0 Å². The molecule has 0 atom stereocenters. The summed E-state index contributed by atoms with van der Waals surface area (Å²) >= 11 is 0. The van der Waals surface area contributed by atoms with Crippen molar-refractivity contribution in [3.05, 3.63) is 53.6 Å². The van der Waals surface area contributed by atoms with Crippen LogP contribution in [-0.4, -0.2) is 31.3 Å². The molecule has 0 fully saturated rings. The molecule has 25 heavy (non-hydrogen) atoms. The van der Waals surface area contributed by atoms with Gasteiger partial charge >= 0.3 is 0 Å². The van der Waals surface area contributed by atoms with E-state index < -0.39 is 0 Å². The number of nitrogens with zero attached hydrogens (tertiary/aromatic N) is 1. The van der Waals surface area contributed by atoms with Crippen LogP contribution in [0.25, 0.3) is 0 Å². The van der Waals surface area contributed by atoms with Crippen LogP contribution in [0.5, 0.6) is 17.2 Å². The number of ether oxygens (including phenoxy) is 3. The Morgan fingerprint density at radius 2 is 1.84 bits per heavy atom. The molecule has 1 aliphatic heterocycles. The van der Waals surface area contributed by atoms with Crippen LogP contribution >= 0.6 is 0 Å². The van der Waals surface area contributed by atoms with Gasteiger partial charge in [0, 0.05) is 13.6 Å². The molecule has 0 radical (unpaired) electrons. The Morgan fingerprint density at radius 3 is 2.56 bits per heavy atom. The van der Waals surface area contributed by atoms with Crippen LogP contribution in [0.4, 0.5) is 0 Å². The van der Waals surface area contributed by atoms with Crippen molar-refractivity contribution >= 4 is 5.91 Å². The van der Waals surface area contributed by atoms with Gasteiger partial charge < -0.3 is 19.1 Å². The second kappa shape index (κ2) is 7.47. The van der Waals surface area contributed by atoms with Gasteiger partial charge in [0.2, 0.25) is 6.79 Å². The largest absolute Gasteiger partial charge is 0.484 e. The van der Waals surface area contributed by atoms with Gasteiger partial charge in [-0.05, 0) is 41.3 Å². The lowest BCUT2D eigenvalue weighted by Gasteiger charge is -2.18. The normalized spacial score (nSPS) is 12.3. The molecule has 1 amide bonds. The maximum absolute atomic E-state index is 12.3. The van der Waals surface area contributed by atoms with E-state index in [2.05, 4.69) is 13.8 Å². The number of carbonyl (C=O) groups excluding carboxylic acids is 1. The number of carbonyl (C=O) groups is 1. The predicted octanol–water partition coefficient (Wildman–Crippen LogP) is 3.58. The van der Waals surface area contributed by atoms with Crippen molar-refractivity contribution in [3.8, 4) is 17.2 Å². The highest BCUT2D eigenvalue weighted by molar-refractivity contribution is 5.77. The summed E-state index contributed by atoms with van der Waals surface area (Å²) < 4.78 is 16.3. The van der Waals surface area contributed by atoms with Crippen LogP contribution in [0.3, 0.4) is 0 Å². The minimum atomic E-state index is -0.0781. The zero-order chi connectivity index (χ0) is 17.8. The Kier molecular flexibility index (Phi) is 5.12. The lowest BCUT2D eigenvalue weighted by Crippen LogP contribution is -2.30. The molecule has 0 spiro atoms. The summed E-state index contributed by atoms with van der Waals surface area (Å²) in [7, 11) is 1.76. The van der Waals surface area contributed by atoms with Crippen molar-refractivity contribution in [2.45, 2.75) is 26.3 Å². The van der Waals surface area contributed by atoms with Crippen molar-refractivity contribution in [1.82, 2.24) is 4.90 Å². The first-order chi connectivity index (χ1) is 12.0. The van der Waals surface area contributed by atoms with Gasteiger partial charge in [0.15, 0.2) is 18.1 Å². The number of amides is 1. The molecule has 1 aliphatic rings. The zero-order valence-electron chi connectivity index (χ0n) is 14.8. The SMILES string of the molecule is CC(C)c1ccc(OCC(=O)N(C)Cc2ccc3c(c2)OCO3)cc1. The molecule has 5 heteroatoms. The third-order valence-electron chi connectivity index (χ3n) is 4.19. The number of hydrogen-bond acceptors (Lipinski definition) is 4. The van der Waals surface area contributed by atoms with Gasteiger partial charge in [-0.25, -0.2) is 0 Å². The monoisotopic (exact) mass is 341 g/mol. The Morgan fingerprint density at radius 1 is 1.12 bits per heavy atom. The van der Waals surface area contributed by atoms with Gasteiger partial charge in [0.1, 0.15) is 5.75 Å². The Balaban J connectivity index is 1.52. The fourth-order valence-electron chi connectivity index (χ4n) is 2.61. The van der Waals surface area contributed by atoms with Gasteiger partial charge in [-0.1, -0.05) is 32.0 Å². The quantitative estimate of drug-likeness (QED) is 0.806. The van der Waals surface area contributed by atoms with Crippen LogP contribution in [0, 0.1) is 0 Å². The molecule has 3 rings (SSSR count). The van der Waals surface area contributed by atoms with E-state index in [-0.39, 0.29) is 19.3 Å². The third kappa shape index (κ3) is 4.24. The summed E-state index contributed by atoms with van der Waals surface area (Å²) in [6.45, 7) is 5.04. The molecule has 0 bridgehead atoms. The highest BCUT2D eigenvalue weighted by Crippen LogP contribution is 2.32. The fourth-order valence-corrected chi connectivity index (χ4v) is 2.61. The van der Waals surface area contributed by atoms with Crippen LogP contribution in [0.1, 0.15) is 30.9 Å². The summed E-state index contributed by atoms with van der Waals surface area (Å²) in [4.78, 5) is 13.9. The number of rotatable bonds is 6. The first-order valence-corrected chi connectivity index (χ1v) is 8.38. The number of hydrogen-bond donors (Lipinski definition) is 0. The minimum Gasteiger partial charge on any atom is -0.484 e. The maximum atomic E-state index is 12.3. The fraction of sp³-hybridized carbons (Fsp3) is 0.350. The molecule has 0 saturated carbocycles. The van der Waals surface area contributed by atoms with Crippen molar-refractivity contribution in [2.24, 2.45) is 0 Å². The molecule has 0 saturated heterocycles. The average molecular weight is 341 g/mol.